The first-order chi connectivity index (χ1) is 18.8. The van der Waals surface area contributed by atoms with E-state index in [1.807, 2.05) is 6.08 Å². The number of rotatable bonds is 23. The van der Waals surface area contributed by atoms with Gasteiger partial charge in [-0.15, -0.1) is 0 Å². The van der Waals surface area contributed by atoms with Gasteiger partial charge in [0.1, 0.15) is 0 Å². The number of hydrogen-bond acceptors (Lipinski definition) is 2. The van der Waals surface area contributed by atoms with Gasteiger partial charge in [0.15, 0.2) is 0 Å². The van der Waals surface area contributed by atoms with E-state index in [2.05, 4.69) is 73.1 Å². The van der Waals surface area contributed by atoms with Crippen molar-refractivity contribution < 1.29 is 0 Å². The highest BCUT2D eigenvalue weighted by Gasteiger charge is 2.11. The molecular formula is C36H56N2. The quantitative estimate of drug-likeness (QED) is 0.116. The van der Waals surface area contributed by atoms with Crippen LogP contribution in [0.3, 0.4) is 0 Å². The van der Waals surface area contributed by atoms with Crippen molar-refractivity contribution >= 4 is 5.71 Å². The highest BCUT2D eigenvalue weighted by molar-refractivity contribution is 5.94. The molecule has 0 radical (unpaired) electrons. The number of hydrogen-bond donors (Lipinski definition) is 1. The number of allylic oxidation sites excluding steroid dienone is 1. The molecule has 0 aliphatic carbocycles. The second-order valence-electron chi connectivity index (χ2n) is 11.0. The SMILES string of the molecule is C=CC(CCCCCCCCc1ccc([C@H](CCN)CCCCCCCCc2ccccc2)cc1)=NCC. The third-order valence-corrected chi connectivity index (χ3v) is 7.82. The van der Waals surface area contributed by atoms with Crippen LogP contribution >= 0.6 is 0 Å². The molecule has 2 aromatic carbocycles. The Kier molecular flexibility index (Phi) is 18.3. The Hall–Kier alpha value is -2.19. The average Bonchev–Trinajstić information content (AvgIpc) is 2.95. The van der Waals surface area contributed by atoms with E-state index >= 15 is 0 Å². The molecule has 2 aromatic rings. The Morgan fingerprint density at radius 3 is 1.84 bits per heavy atom. The van der Waals surface area contributed by atoms with Crippen molar-refractivity contribution in [3.63, 3.8) is 0 Å². The van der Waals surface area contributed by atoms with Crippen molar-refractivity contribution in [2.45, 2.75) is 122 Å². The first-order valence-electron chi connectivity index (χ1n) is 15.7. The molecule has 0 saturated carbocycles. The van der Waals surface area contributed by atoms with Crippen LogP contribution in [0.15, 0.2) is 72.2 Å². The number of aryl methyl sites for hydroxylation is 2. The summed E-state index contributed by atoms with van der Waals surface area (Å²) in [4.78, 5) is 4.48. The van der Waals surface area contributed by atoms with Crippen molar-refractivity contribution in [2.24, 2.45) is 10.7 Å². The Labute approximate surface area is 235 Å². The minimum atomic E-state index is 0.621. The summed E-state index contributed by atoms with van der Waals surface area (Å²) >= 11 is 0. The molecule has 2 rings (SSSR count). The summed E-state index contributed by atoms with van der Waals surface area (Å²) in [5, 5.41) is 0. The second kappa shape index (κ2) is 21.7. The molecule has 0 unspecified atom stereocenters. The van der Waals surface area contributed by atoms with Gasteiger partial charge in [0.05, 0.1) is 0 Å². The number of benzene rings is 2. The lowest BCUT2D eigenvalue weighted by Crippen LogP contribution is -2.08. The van der Waals surface area contributed by atoms with Gasteiger partial charge in [0.2, 0.25) is 0 Å². The van der Waals surface area contributed by atoms with Gasteiger partial charge in [0.25, 0.3) is 0 Å². The Balaban J connectivity index is 1.54. The first-order valence-corrected chi connectivity index (χ1v) is 15.7. The van der Waals surface area contributed by atoms with Crippen LogP contribution in [0, 0.1) is 0 Å². The molecule has 0 amide bonds. The lowest BCUT2D eigenvalue weighted by atomic mass is 9.89. The summed E-state index contributed by atoms with van der Waals surface area (Å²) in [5.41, 5.74) is 11.6. The van der Waals surface area contributed by atoms with Crippen LogP contribution in [0.25, 0.3) is 0 Å². The normalized spacial score (nSPS) is 12.5. The largest absolute Gasteiger partial charge is 0.330 e. The smallest absolute Gasteiger partial charge is 0.0364 e. The molecule has 0 aliphatic heterocycles. The van der Waals surface area contributed by atoms with Crippen molar-refractivity contribution in [1.82, 2.24) is 0 Å². The molecule has 2 heteroatoms. The van der Waals surface area contributed by atoms with Crippen LogP contribution in [0.2, 0.25) is 0 Å². The van der Waals surface area contributed by atoms with Gasteiger partial charge in [-0.1, -0.05) is 119 Å². The minimum Gasteiger partial charge on any atom is -0.330 e. The van der Waals surface area contributed by atoms with E-state index in [-0.39, 0.29) is 0 Å². The summed E-state index contributed by atoms with van der Waals surface area (Å²) < 4.78 is 0. The summed E-state index contributed by atoms with van der Waals surface area (Å²) in [7, 11) is 0. The first kappa shape index (κ1) is 32.0. The zero-order valence-electron chi connectivity index (χ0n) is 24.5. The molecule has 0 spiro atoms. The van der Waals surface area contributed by atoms with Gasteiger partial charge in [0, 0.05) is 12.3 Å². The second-order valence-corrected chi connectivity index (χ2v) is 11.0. The molecule has 2 N–H and O–H groups in total. The Morgan fingerprint density at radius 1 is 0.711 bits per heavy atom. The molecule has 0 aromatic heterocycles. The maximum atomic E-state index is 5.98. The molecular weight excluding hydrogens is 460 g/mol. The number of nitrogens with zero attached hydrogens (tertiary/aromatic N) is 1. The molecule has 38 heavy (non-hydrogen) atoms. The van der Waals surface area contributed by atoms with Crippen molar-refractivity contribution in [1.29, 1.82) is 0 Å². The average molecular weight is 517 g/mol. The Bertz CT molecular complexity index is 853. The Morgan fingerprint density at radius 2 is 1.26 bits per heavy atom. The van der Waals surface area contributed by atoms with E-state index in [4.69, 9.17) is 5.73 Å². The molecule has 210 valence electrons. The number of aliphatic imine (C=N–C) groups is 1. The maximum Gasteiger partial charge on any atom is 0.0364 e. The molecule has 2 nitrogen and oxygen atoms in total. The molecule has 1 atom stereocenters. The molecule has 0 fully saturated rings. The maximum absolute atomic E-state index is 5.98. The van der Waals surface area contributed by atoms with Crippen LogP contribution in [0.1, 0.15) is 126 Å². The number of unbranched alkanes of at least 4 members (excludes halogenated alkanes) is 10. The van der Waals surface area contributed by atoms with Crippen LogP contribution in [0.4, 0.5) is 0 Å². The third-order valence-electron chi connectivity index (χ3n) is 7.82. The predicted molar refractivity (Wildman–Crippen MR) is 170 cm³/mol. The fourth-order valence-electron chi connectivity index (χ4n) is 5.50. The van der Waals surface area contributed by atoms with Crippen LogP contribution in [-0.4, -0.2) is 18.8 Å². The summed E-state index contributed by atoms with van der Waals surface area (Å²) in [6.07, 6.45) is 23.8. The molecule has 0 aliphatic rings. The lowest BCUT2D eigenvalue weighted by Gasteiger charge is -2.17. The highest BCUT2D eigenvalue weighted by Crippen LogP contribution is 2.26. The third kappa shape index (κ3) is 14.7. The topological polar surface area (TPSA) is 38.4 Å². The summed E-state index contributed by atoms with van der Waals surface area (Å²) in [6.45, 7) is 7.61. The van der Waals surface area contributed by atoms with Crippen molar-refractivity contribution in [3.8, 4) is 0 Å². The monoisotopic (exact) mass is 516 g/mol. The standard InChI is InChI=1S/C36H56N2/c1-3-36(38-4-2)25-19-12-8-6-10-15-23-33-26-28-35(29-27-33)34(30-31-37)24-18-11-7-5-9-14-20-32-21-16-13-17-22-32/h3,13,16-17,21-22,26-29,34H,1,4-12,14-15,18-20,23-25,30-31,37H2,2H3/t34-/m0/s1. The van der Waals surface area contributed by atoms with E-state index in [0.717, 1.165) is 25.9 Å². The van der Waals surface area contributed by atoms with E-state index in [1.165, 1.54) is 119 Å². The van der Waals surface area contributed by atoms with Crippen molar-refractivity contribution in [2.75, 3.05) is 13.1 Å². The van der Waals surface area contributed by atoms with E-state index in [9.17, 15) is 0 Å². The highest BCUT2D eigenvalue weighted by atomic mass is 14.7. The van der Waals surface area contributed by atoms with E-state index < -0.39 is 0 Å². The zero-order chi connectivity index (χ0) is 27.1. The van der Waals surface area contributed by atoms with Crippen LogP contribution < -0.4 is 5.73 Å². The zero-order valence-corrected chi connectivity index (χ0v) is 24.5. The molecule has 0 heterocycles. The van der Waals surface area contributed by atoms with Gasteiger partial charge in [-0.2, -0.15) is 0 Å². The fourth-order valence-corrected chi connectivity index (χ4v) is 5.50. The lowest BCUT2D eigenvalue weighted by molar-refractivity contribution is 0.517. The molecule has 0 saturated heterocycles. The van der Waals surface area contributed by atoms with Crippen LogP contribution in [-0.2, 0) is 12.8 Å². The van der Waals surface area contributed by atoms with E-state index in [1.54, 1.807) is 0 Å². The summed E-state index contributed by atoms with van der Waals surface area (Å²) in [6, 6.07) is 20.4. The van der Waals surface area contributed by atoms with Gasteiger partial charge in [-0.3, -0.25) is 4.99 Å². The van der Waals surface area contributed by atoms with Gasteiger partial charge in [-0.25, -0.2) is 0 Å². The van der Waals surface area contributed by atoms with Gasteiger partial charge < -0.3 is 5.73 Å². The predicted octanol–water partition coefficient (Wildman–Crippen LogP) is 10.0. The minimum absolute atomic E-state index is 0.621. The molecule has 0 bridgehead atoms. The number of nitrogens with two attached hydrogens (primary N) is 1. The van der Waals surface area contributed by atoms with Crippen molar-refractivity contribution in [3.05, 3.63) is 83.9 Å². The van der Waals surface area contributed by atoms with Crippen LogP contribution in [0.5, 0.6) is 0 Å². The van der Waals surface area contributed by atoms with Gasteiger partial charge in [-0.05, 0) is 93.5 Å². The van der Waals surface area contributed by atoms with Gasteiger partial charge >= 0.3 is 0 Å². The van der Waals surface area contributed by atoms with E-state index in [0.29, 0.717) is 5.92 Å². The fraction of sp³-hybridized carbons (Fsp3) is 0.583. The summed E-state index contributed by atoms with van der Waals surface area (Å²) in [5.74, 6) is 0.621.